The number of aromatic nitrogens is 4. The molecule has 0 bridgehead atoms. The van der Waals surface area contributed by atoms with Crippen LogP contribution in [0.2, 0.25) is 0 Å². The van der Waals surface area contributed by atoms with E-state index in [2.05, 4.69) is 36.8 Å². The second kappa shape index (κ2) is 7.52. The topological polar surface area (TPSA) is 93.8 Å². The zero-order valence-corrected chi connectivity index (χ0v) is 15.8. The molecule has 0 spiro atoms. The van der Waals surface area contributed by atoms with Crippen LogP contribution in [0.15, 0.2) is 47.2 Å². The normalized spacial score (nSPS) is 10.6. The zero-order chi connectivity index (χ0) is 18.7. The fourth-order valence-corrected chi connectivity index (χ4v) is 2.77. The molecule has 2 amide bonds. The highest BCUT2D eigenvalue weighted by Gasteiger charge is 2.15. The smallest absolute Gasteiger partial charge is 0.277 e. The number of halogens is 1. The van der Waals surface area contributed by atoms with E-state index < -0.39 is 0 Å². The number of aryl methyl sites for hydroxylation is 2. The highest BCUT2D eigenvalue weighted by molar-refractivity contribution is 9.10. The molecule has 2 heterocycles. The Morgan fingerprint density at radius 1 is 1.04 bits per heavy atom. The molecule has 0 atom stereocenters. The minimum Gasteiger partial charge on any atom is -0.321 e. The lowest BCUT2D eigenvalue weighted by Crippen LogP contribution is -2.15. The first-order valence-electron chi connectivity index (χ1n) is 7.91. The van der Waals surface area contributed by atoms with E-state index in [1.807, 2.05) is 6.92 Å². The van der Waals surface area contributed by atoms with E-state index in [1.165, 1.54) is 0 Å². The molecule has 3 rings (SSSR count). The Morgan fingerprint density at radius 3 is 2.15 bits per heavy atom. The Bertz CT molecular complexity index is 945. The summed E-state index contributed by atoms with van der Waals surface area (Å²) in [6.45, 7) is 2.62. The van der Waals surface area contributed by atoms with Crippen molar-refractivity contribution in [1.29, 1.82) is 0 Å². The van der Waals surface area contributed by atoms with Gasteiger partial charge in [0.2, 0.25) is 0 Å². The van der Waals surface area contributed by atoms with Gasteiger partial charge in [-0.3, -0.25) is 19.0 Å². The average molecular weight is 417 g/mol. The zero-order valence-electron chi connectivity index (χ0n) is 14.2. The summed E-state index contributed by atoms with van der Waals surface area (Å²) in [5.41, 5.74) is 1.86. The molecule has 0 saturated carbocycles. The van der Waals surface area contributed by atoms with Gasteiger partial charge in [0.25, 0.3) is 11.8 Å². The SMILES string of the molecule is CCn1cc(Br)c(C(=O)Nc2ccc(NC(=O)c3ccn(C)n3)cc2)n1. The fraction of sp³-hybridized carbons (Fsp3) is 0.176. The van der Waals surface area contributed by atoms with Crippen molar-refractivity contribution < 1.29 is 9.59 Å². The summed E-state index contributed by atoms with van der Waals surface area (Å²) in [6, 6.07) is 8.46. The summed E-state index contributed by atoms with van der Waals surface area (Å²) in [5, 5.41) is 13.8. The number of carbonyl (C=O) groups excluding carboxylic acids is 2. The Morgan fingerprint density at radius 2 is 1.65 bits per heavy atom. The predicted molar refractivity (Wildman–Crippen MR) is 101 cm³/mol. The van der Waals surface area contributed by atoms with Gasteiger partial charge in [-0.05, 0) is 53.2 Å². The predicted octanol–water partition coefficient (Wildman–Crippen LogP) is 2.90. The maximum Gasteiger partial charge on any atom is 0.277 e. The van der Waals surface area contributed by atoms with Gasteiger partial charge in [-0.1, -0.05) is 0 Å². The summed E-state index contributed by atoms with van der Waals surface area (Å²) >= 11 is 3.34. The van der Waals surface area contributed by atoms with Gasteiger partial charge in [0.05, 0.1) is 4.47 Å². The Balaban J connectivity index is 1.64. The monoisotopic (exact) mass is 416 g/mol. The standard InChI is InChI=1S/C17H17BrN6O2/c1-3-24-10-13(18)15(22-24)17(26)20-12-6-4-11(5-7-12)19-16(25)14-8-9-23(2)21-14/h4-10H,3H2,1-2H3,(H,19,25)(H,20,26). The molecule has 9 heteroatoms. The van der Waals surface area contributed by atoms with Gasteiger partial charge in [0.15, 0.2) is 11.4 Å². The summed E-state index contributed by atoms with van der Waals surface area (Å²) < 4.78 is 3.87. The third kappa shape index (κ3) is 3.99. The van der Waals surface area contributed by atoms with Crippen molar-refractivity contribution in [3.8, 4) is 0 Å². The van der Waals surface area contributed by atoms with Crippen LogP contribution in [0.1, 0.15) is 27.9 Å². The van der Waals surface area contributed by atoms with Gasteiger partial charge < -0.3 is 10.6 Å². The molecule has 0 radical (unpaired) electrons. The molecule has 8 nitrogen and oxygen atoms in total. The van der Waals surface area contributed by atoms with Gasteiger partial charge in [-0.15, -0.1) is 0 Å². The van der Waals surface area contributed by atoms with Crippen LogP contribution in [-0.4, -0.2) is 31.4 Å². The van der Waals surface area contributed by atoms with Crippen LogP contribution in [0.4, 0.5) is 11.4 Å². The highest BCUT2D eigenvalue weighted by Crippen LogP contribution is 2.18. The van der Waals surface area contributed by atoms with E-state index in [0.717, 1.165) is 0 Å². The van der Waals surface area contributed by atoms with Gasteiger partial charge in [0, 0.05) is 37.4 Å². The summed E-state index contributed by atoms with van der Waals surface area (Å²) in [5.74, 6) is -0.606. The van der Waals surface area contributed by atoms with Crippen molar-refractivity contribution in [3.05, 3.63) is 58.6 Å². The molecule has 0 aliphatic heterocycles. The third-order valence-electron chi connectivity index (χ3n) is 3.60. The Labute approximate surface area is 158 Å². The lowest BCUT2D eigenvalue weighted by atomic mass is 10.2. The minimum atomic E-state index is -0.311. The third-order valence-corrected chi connectivity index (χ3v) is 4.18. The molecule has 26 heavy (non-hydrogen) atoms. The van der Waals surface area contributed by atoms with Crippen molar-refractivity contribution in [2.24, 2.45) is 7.05 Å². The van der Waals surface area contributed by atoms with E-state index in [1.54, 1.807) is 59.1 Å². The number of hydrogen-bond acceptors (Lipinski definition) is 4. The minimum absolute atomic E-state index is 0.295. The van der Waals surface area contributed by atoms with Crippen molar-refractivity contribution in [2.45, 2.75) is 13.5 Å². The first-order valence-corrected chi connectivity index (χ1v) is 8.71. The molecule has 1 aromatic carbocycles. The van der Waals surface area contributed by atoms with Crippen LogP contribution < -0.4 is 10.6 Å². The summed E-state index contributed by atoms with van der Waals surface area (Å²) in [4.78, 5) is 24.4. The molecule has 0 aliphatic rings. The number of anilines is 2. The quantitative estimate of drug-likeness (QED) is 0.668. The van der Waals surface area contributed by atoms with Gasteiger partial charge in [-0.25, -0.2) is 0 Å². The van der Waals surface area contributed by atoms with Crippen molar-refractivity contribution in [3.63, 3.8) is 0 Å². The lowest BCUT2D eigenvalue weighted by Gasteiger charge is -2.06. The van der Waals surface area contributed by atoms with E-state index in [9.17, 15) is 9.59 Å². The molecule has 0 saturated heterocycles. The molecule has 0 aliphatic carbocycles. The number of hydrogen-bond donors (Lipinski definition) is 2. The van der Waals surface area contributed by atoms with Gasteiger partial charge in [0.1, 0.15) is 0 Å². The first kappa shape index (κ1) is 17.9. The van der Waals surface area contributed by atoms with Crippen LogP contribution in [0.25, 0.3) is 0 Å². The maximum atomic E-state index is 12.3. The fourth-order valence-electron chi connectivity index (χ4n) is 2.27. The molecule has 0 unspecified atom stereocenters. The van der Waals surface area contributed by atoms with E-state index >= 15 is 0 Å². The number of amides is 2. The molecule has 0 fully saturated rings. The van der Waals surface area contributed by atoms with Gasteiger partial charge >= 0.3 is 0 Å². The van der Waals surface area contributed by atoms with Crippen molar-refractivity contribution in [1.82, 2.24) is 19.6 Å². The van der Waals surface area contributed by atoms with Crippen molar-refractivity contribution >= 4 is 39.1 Å². The van der Waals surface area contributed by atoms with Crippen LogP contribution in [0.5, 0.6) is 0 Å². The molecule has 134 valence electrons. The molecule has 3 aromatic rings. The molecule has 2 aromatic heterocycles. The van der Waals surface area contributed by atoms with Gasteiger partial charge in [-0.2, -0.15) is 10.2 Å². The van der Waals surface area contributed by atoms with E-state index in [4.69, 9.17) is 0 Å². The molecular weight excluding hydrogens is 400 g/mol. The number of benzene rings is 1. The number of nitrogens with zero attached hydrogens (tertiary/aromatic N) is 4. The lowest BCUT2D eigenvalue weighted by molar-refractivity contribution is 0.101. The second-order valence-electron chi connectivity index (χ2n) is 5.54. The number of rotatable bonds is 5. The van der Waals surface area contributed by atoms with Crippen LogP contribution in [0, 0.1) is 0 Å². The number of nitrogens with one attached hydrogen (secondary N) is 2. The average Bonchev–Trinajstić information content (AvgIpc) is 3.22. The van der Waals surface area contributed by atoms with Crippen LogP contribution in [0.3, 0.4) is 0 Å². The number of carbonyl (C=O) groups is 2. The molecular formula is C17H17BrN6O2. The van der Waals surface area contributed by atoms with Crippen molar-refractivity contribution in [2.75, 3.05) is 10.6 Å². The van der Waals surface area contributed by atoms with E-state index in [0.29, 0.717) is 33.8 Å². The largest absolute Gasteiger partial charge is 0.321 e. The van der Waals surface area contributed by atoms with E-state index in [-0.39, 0.29) is 11.8 Å². The second-order valence-corrected chi connectivity index (χ2v) is 6.40. The van der Waals surface area contributed by atoms with Crippen LogP contribution >= 0.6 is 15.9 Å². The van der Waals surface area contributed by atoms with Crippen LogP contribution in [-0.2, 0) is 13.6 Å². The maximum absolute atomic E-state index is 12.3. The highest BCUT2D eigenvalue weighted by atomic mass is 79.9. The molecule has 2 N–H and O–H groups in total. The summed E-state index contributed by atoms with van der Waals surface area (Å²) in [7, 11) is 1.75. The Hall–Kier alpha value is -2.94. The Kier molecular flexibility index (Phi) is 5.17. The summed E-state index contributed by atoms with van der Waals surface area (Å²) in [6.07, 6.45) is 3.46. The first-order chi connectivity index (χ1) is 12.5.